The number of hydrogen-bond acceptors (Lipinski definition) is 4. The van der Waals surface area contributed by atoms with Gasteiger partial charge in [-0.05, 0) is 30.3 Å². The zero-order valence-corrected chi connectivity index (χ0v) is 16.7. The van der Waals surface area contributed by atoms with Gasteiger partial charge in [-0.15, -0.1) is 0 Å². The topological polar surface area (TPSA) is 66.5 Å². The number of hydrogen-bond donors (Lipinski definition) is 3. The molecule has 4 rings (SSSR count). The zero-order chi connectivity index (χ0) is 20.1. The van der Waals surface area contributed by atoms with E-state index in [4.69, 9.17) is 21.1 Å². The highest BCUT2D eigenvalue weighted by atomic mass is 35.5. The molecule has 0 spiro atoms. The van der Waals surface area contributed by atoms with Crippen molar-refractivity contribution in [2.24, 2.45) is 0 Å². The Labute approximate surface area is 174 Å². The number of aromatic amines is 1. The Morgan fingerprint density at radius 2 is 1.66 bits per heavy atom. The molecule has 0 fully saturated rings. The number of ether oxygens (including phenoxy) is 2. The first-order chi connectivity index (χ1) is 14.2. The van der Waals surface area contributed by atoms with Gasteiger partial charge >= 0.3 is 0 Å². The molecule has 3 N–H and O–H groups in total. The van der Waals surface area contributed by atoms with Crippen molar-refractivity contribution in [3.05, 3.63) is 71.8 Å². The van der Waals surface area contributed by atoms with Crippen LogP contribution < -0.4 is 14.8 Å². The van der Waals surface area contributed by atoms with Gasteiger partial charge in [-0.2, -0.15) is 0 Å². The predicted octanol–water partition coefficient (Wildman–Crippen LogP) is 4.38. The van der Waals surface area contributed by atoms with E-state index in [0.717, 1.165) is 27.6 Å². The van der Waals surface area contributed by atoms with Crippen LogP contribution in [-0.4, -0.2) is 42.5 Å². The minimum absolute atomic E-state index is 0.205. The van der Waals surface area contributed by atoms with Gasteiger partial charge in [0.15, 0.2) is 0 Å². The van der Waals surface area contributed by atoms with E-state index in [1.54, 1.807) is 6.07 Å². The van der Waals surface area contributed by atoms with E-state index < -0.39 is 6.10 Å². The average molecular weight is 411 g/mol. The van der Waals surface area contributed by atoms with Crippen molar-refractivity contribution in [1.29, 1.82) is 0 Å². The molecular weight excluding hydrogens is 388 g/mol. The third-order valence-corrected chi connectivity index (χ3v) is 4.99. The molecule has 0 radical (unpaired) electrons. The number of rotatable bonds is 9. The second-order valence-corrected chi connectivity index (χ2v) is 7.20. The first kappa shape index (κ1) is 19.6. The van der Waals surface area contributed by atoms with E-state index in [1.165, 1.54) is 0 Å². The monoisotopic (exact) mass is 410 g/mol. The highest BCUT2D eigenvalue weighted by Gasteiger charge is 2.11. The number of para-hydroxylation sites is 2. The minimum atomic E-state index is -0.629. The summed E-state index contributed by atoms with van der Waals surface area (Å²) in [6, 6.07) is 21.4. The van der Waals surface area contributed by atoms with E-state index in [1.807, 2.05) is 54.6 Å². The molecule has 0 aliphatic carbocycles. The molecule has 150 valence electrons. The Morgan fingerprint density at radius 1 is 0.897 bits per heavy atom. The van der Waals surface area contributed by atoms with Gasteiger partial charge in [0.05, 0.1) is 10.5 Å². The van der Waals surface area contributed by atoms with Crippen molar-refractivity contribution in [2.45, 2.75) is 6.10 Å². The summed E-state index contributed by atoms with van der Waals surface area (Å²) in [7, 11) is 0. The lowest BCUT2D eigenvalue weighted by atomic mass is 10.1. The minimum Gasteiger partial charge on any atom is -0.491 e. The summed E-state index contributed by atoms with van der Waals surface area (Å²) in [5, 5.41) is 16.2. The van der Waals surface area contributed by atoms with E-state index in [-0.39, 0.29) is 6.61 Å². The molecule has 1 unspecified atom stereocenters. The van der Waals surface area contributed by atoms with Gasteiger partial charge in [0.2, 0.25) is 0 Å². The molecule has 1 heterocycles. The lowest BCUT2D eigenvalue weighted by Crippen LogP contribution is -2.33. The average Bonchev–Trinajstić information content (AvgIpc) is 3.12. The molecule has 0 bridgehead atoms. The van der Waals surface area contributed by atoms with Crippen LogP contribution in [-0.2, 0) is 0 Å². The van der Waals surface area contributed by atoms with Crippen LogP contribution in [0, 0.1) is 0 Å². The van der Waals surface area contributed by atoms with Gasteiger partial charge in [-0.25, -0.2) is 0 Å². The Hall–Kier alpha value is -2.73. The second-order valence-electron chi connectivity index (χ2n) is 6.80. The first-order valence-corrected chi connectivity index (χ1v) is 9.98. The standard InChI is InChI=1S/C23H23ClN2O3/c24-18-7-2-4-10-21(18)28-13-12-25-14-16(27)15-29-22-11-5-9-20-23(22)17-6-1-3-8-19(17)26-20/h1-11,16,25-27H,12-15H2. The molecule has 29 heavy (non-hydrogen) atoms. The van der Waals surface area contributed by atoms with Crippen LogP contribution in [0.15, 0.2) is 66.7 Å². The lowest BCUT2D eigenvalue weighted by molar-refractivity contribution is 0.106. The van der Waals surface area contributed by atoms with Crippen LogP contribution in [0.5, 0.6) is 11.5 Å². The van der Waals surface area contributed by atoms with Gasteiger partial charge in [0, 0.05) is 29.4 Å². The van der Waals surface area contributed by atoms with Gasteiger partial charge in [-0.3, -0.25) is 0 Å². The number of aliphatic hydroxyl groups is 1. The number of halogens is 1. The SMILES string of the molecule is OC(CNCCOc1ccccc1Cl)COc1cccc2[nH]c3ccccc3c12. The number of fused-ring (bicyclic) bond motifs is 3. The fraction of sp³-hybridized carbons (Fsp3) is 0.217. The van der Waals surface area contributed by atoms with Gasteiger partial charge in [0.25, 0.3) is 0 Å². The number of benzene rings is 3. The molecule has 0 saturated heterocycles. The van der Waals surface area contributed by atoms with Crippen LogP contribution in [0.25, 0.3) is 21.8 Å². The normalized spacial score (nSPS) is 12.3. The highest BCUT2D eigenvalue weighted by molar-refractivity contribution is 6.32. The Morgan fingerprint density at radius 3 is 2.55 bits per heavy atom. The fourth-order valence-electron chi connectivity index (χ4n) is 3.30. The smallest absolute Gasteiger partial charge is 0.137 e. The molecule has 5 nitrogen and oxygen atoms in total. The summed E-state index contributed by atoms with van der Waals surface area (Å²) < 4.78 is 11.5. The van der Waals surface area contributed by atoms with Crippen LogP contribution in [0.1, 0.15) is 0 Å². The van der Waals surface area contributed by atoms with Crippen molar-refractivity contribution in [3.8, 4) is 11.5 Å². The summed E-state index contributed by atoms with van der Waals surface area (Å²) in [6.45, 7) is 1.68. The maximum atomic E-state index is 10.2. The summed E-state index contributed by atoms with van der Waals surface area (Å²) in [6.07, 6.45) is -0.629. The predicted molar refractivity (Wildman–Crippen MR) is 117 cm³/mol. The van der Waals surface area contributed by atoms with Crippen molar-refractivity contribution in [2.75, 3.05) is 26.3 Å². The number of nitrogens with one attached hydrogen (secondary N) is 2. The number of H-pyrrole nitrogens is 1. The van der Waals surface area contributed by atoms with Crippen molar-refractivity contribution in [1.82, 2.24) is 10.3 Å². The molecule has 0 saturated carbocycles. The Balaban J connectivity index is 1.27. The van der Waals surface area contributed by atoms with Crippen LogP contribution in [0.4, 0.5) is 0 Å². The number of aromatic nitrogens is 1. The van der Waals surface area contributed by atoms with Crippen LogP contribution in [0.3, 0.4) is 0 Å². The first-order valence-electron chi connectivity index (χ1n) is 9.61. The van der Waals surface area contributed by atoms with Crippen molar-refractivity contribution in [3.63, 3.8) is 0 Å². The molecular formula is C23H23ClN2O3. The van der Waals surface area contributed by atoms with Gasteiger partial charge < -0.3 is 24.9 Å². The zero-order valence-electron chi connectivity index (χ0n) is 15.9. The quantitative estimate of drug-likeness (QED) is 0.358. The van der Waals surface area contributed by atoms with Crippen molar-refractivity contribution < 1.29 is 14.6 Å². The van der Waals surface area contributed by atoms with E-state index in [9.17, 15) is 5.11 Å². The summed E-state index contributed by atoms with van der Waals surface area (Å²) in [4.78, 5) is 3.39. The summed E-state index contributed by atoms with van der Waals surface area (Å²) >= 11 is 6.05. The van der Waals surface area contributed by atoms with Crippen LogP contribution in [0.2, 0.25) is 5.02 Å². The fourth-order valence-corrected chi connectivity index (χ4v) is 3.49. The molecule has 0 amide bonds. The van der Waals surface area contributed by atoms with Crippen molar-refractivity contribution >= 4 is 33.4 Å². The van der Waals surface area contributed by atoms with E-state index in [2.05, 4.69) is 16.4 Å². The molecule has 0 aliphatic heterocycles. The van der Waals surface area contributed by atoms with Gasteiger partial charge in [-0.1, -0.05) is 48.0 Å². The van der Waals surface area contributed by atoms with Crippen LogP contribution >= 0.6 is 11.6 Å². The van der Waals surface area contributed by atoms with E-state index >= 15 is 0 Å². The number of aliphatic hydroxyl groups excluding tert-OH is 1. The molecule has 3 aromatic carbocycles. The second kappa shape index (κ2) is 9.18. The maximum Gasteiger partial charge on any atom is 0.137 e. The Kier molecular flexibility index (Phi) is 6.20. The van der Waals surface area contributed by atoms with E-state index in [0.29, 0.717) is 30.5 Å². The maximum absolute atomic E-state index is 10.2. The molecule has 1 aromatic heterocycles. The lowest BCUT2D eigenvalue weighted by Gasteiger charge is -2.14. The largest absolute Gasteiger partial charge is 0.491 e. The highest BCUT2D eigenvalue weighted by Crippen LogP contribution is 2.32. The molecule has 6 heteroatoms. The van der Waals surface area contributed by atoms with Gasteiger partial charge in [0.1, 0.15) is 30.8 Å². The third kappa shape index (κ3) is 4.65. The molecule has 0 aliphatic rings. The molecule has 4 aromatic rings. The third-order valence-electron chi connectivity index (χ3n) is 4.68. The summed E-state index contributed by atoms with van der Waals surface area (Å²) in [5.74, 6) is 1.42. The Bertz CT molecular complexity index is 1100. The summed E-state index contributed by atoms with van der Waals surface area (Å²) in [5.41, 5.74) is 2.09. The molecule has 1 atom stereocenters.